The number of aromatic nitrogens is 1. The van der Waals surface area contributed by atoms with Crippen LogP contribution in [0.5, 0.6) is 0 Å². The van der Waals surface area contributed by atoms with Crippen molar-refractivity contribution in [1.82, 2.24) is 9.47 Å². The Bertz CT molecular complexity index is 502. The number of carbonyl (C=O) groups excluding carboxylic acids is 1. The minimum atomic E-state index is 0.132. The Balaban J connectivity index is 2.13. The first-order valence-electron chi connectivity index (χ1n) is 6.15. The number of nitrogens with zero attached hydrogens (tertiary/aromatic N) is 2. The van der Waals surface area contributed by atoms with E-state index in [1.807, 2.05) is 41.7 Å². The monoisotopic (exact) mass is 262 g/mol. The van der Waals surface area contributed by atoms with Gasteiger partial charge in [0.15, 0.2) is 0 Å². The van der Waals surface area contributed by atoms with Gasteiger partial charge in [0.2, 0.25) is 0 Å². The molecule has 0 atom stereocenters. The molecule has 0 spiro atoms. The molecular formula is C14H18N2OS. The van der Waals surface area contributed by atoms with Crippen LogP contribution in [0, 0.1) is 0 Å². The molecule has 0 aliphatic rings. The number of amides is 1. The Labute approximate surface area is 112 Å². The molecule has 2 aromatic heterocycles. The summed E-state index contributed by atoms with van der Waals surface area (Å²) >= 11 is 1.50. The molecule has 0 aliphatic carbocycles. The first-order chi connectivity index (χ1) is 8.72. The normalized spacial score (nSPS) is 10.6. The average Bonchev–Trinajstić information content (AvgIpc) is 3.00. The second-order valence-corrected chi connectivity index (χ2v) is 5.26. The van der Waals surface area contributed by atoms with Crippen molar-refractivity contribution in [3.05, 3.63) is 46.4 Å². The van der Waals surface area contributed by atoms with Gasteiger partial charge in [-0.25, -0.2) is 0 Å². The molecule has 1 amide bonds. The molecule has 0 fully saturated rings. The SMILES string of the molecule is CCCN(Cc1cccn1C)C(=O)c1cccs1. The van der Waals surface area contributed by atoms with Crippen molar-refractivity contribution in [3.63, 3.8) is 0 Å². The summed E-state index contributed by atoms with van der Waals surface area (Å²) in [6, 6.07) is 7.88. The van der Waals surface area contributed by atoms with Gasteiger partial charge in [-0.1, -0.05) is 13.0 Å². The van der Waals surface area contributed by atoms with Crippen LogP contribution in [-0.2, 0) is 13.6 Å². The maximum atomic E-state index is 12.4. The third kappa shape index (κ3) is 2.82. The summed E-state index contributed by atoms with van der Waals surface area (Å²) in [5.74, 6) is 0.132. The van der Waals surface area contributed by atoms with Crippen molar-refractivity contribution in [2.75, 3.05) is 6.54 Å². The first-order valence-corrected chi connectivity index (χ1v) is 7.03. The zero-order valence-electron chi connectivity index (χ0n) is 10.8. The minimum Gasteiger partial charge on any atom is -0.353 e. The number of thiophene rings is 1. The van der Waals surface area contributed by atoms with Crippen molar-refractivity contribution in [2.24, 2.45) is 7.05 Å². The van der Waals surface area contributed by atoms with Gasteiger partial charge in [0.05, 0.1) is 11.4 Å². The molecule has 0 radical (unpaired) electrons. The van der Waals surface area contributed by atoms with Gasteiger partial charge in [-0.05, 0) is 30.0 Å². The van der Waals surface area contributed by atoms with E-state index in [0.29, 0.717) is 6.54 Å². The Morgan fingerprint density at radius 2 is 2.22 bits per heavy atom. The van der Waals surface area contributed by atoms with E-state index in [4.69, 9.17) is 0 Å². The molecule has 4 heteroatoms. The third-order valence-electron chi connectivity index (χ3n) is 2.92. The van der Waals surface area contributed by atoms with E-state index in [1.165, 1.54) is 11.3 Å². The van der Waals surface area contributed by atoms with Crippen LogP contribution < -0.4 is 0 Å². The summed E-state index contributed by atoms with van der Waals surface area (Å²) in [6.45, 7) is 3.57. The molecule has 0 aliphatic heterocycles. The number of carbonyl (C=O) groups is 1. The van der Waals surface area contributed by atoms with Crippen molar-refractivity contribution < 1.29 is 4.79 Å². The zero-order valence-corrected chi connectivity index (χ0v) is 11.6. The van der Waals surface area contributed by atoms with Crippen LogP contribution in [0.4, 0.5) is 0 Å². The van der Waals surface area contributed by atoms with E-state index in [-0.39, 0.29) is 5.91 Å². The van der Waals surface area contributed by atoms with E-state index in [1.54, 1.807) is 0 Å². The molecule has 2 aromatic rings. The number of aryl methyl sites for hydroxylation is 1. The number of rotatable bonds is 5. The second kappa shape index (κ2) is 5.87. The van der Waals surface area contributed by atoms with Gasteiger partial charge < -0.3 is 9.47 Å². The van der Waals surface area contributed by atoms with Crippen LogP contribution >= 0.6 is 11.3 Å². The summed E-state index contributed by atoms with van der Waals surface area (Å²) in [5.41, 5.74) is 1.16. The lowest BCUT2D eigenvalue weighted by Crippen LogP contribution is -2.31. The summed E-state index contributed by atoms with van der Waals surface area (Å²) < 4.78 is 2.06. The van der Waals surface area contributed by atoms with Crippen molar-refractivity contribution >= 4 is 17.2 Å². The second-order valence-electron chi connectivity index (χ2n) is 4.31. The molecular weight excluding hydrogens is 244 g/mol. The van der Waals surface area contributed by atoms with Crippen LogP contribution in [0.3, 0.4) is 0 Å². The largest absolute Gasteiger partial charge is 0.353 e. The molecule has 18 heavy (non-hydrogen) atoms. The van der Waals surface area contributed by atoms with E-state index in [0.717, 1.165) is 23.5 Å². The predicted molar refractivity (Wildman–Crippen MR) is 74.8 cm³/mol. The maximum absolute atomic E-state index is 12.4. The van der Waals surface area contributed by atoms with Gasteiger partial charge in [0.25, 0.3) is 5.91 Å². The third-order valence-corrected chi connectivity index (χ3v) is 3.77. The van der Waals surface area contributed by atoms with Gasteiger partial charge in [-0.15, -0.1) is 11.3 Å². The zero-order chi connectivity index (χ0) is 13.0. The predicted octanol–water partition coefficient (Wildman–Crippen LogP) is 3.14. The molecule has 2 rings (SSSR count). The summed E-state index contributed by atoms with van der Waals surface area (Å²) in [5, 5.41) is 1.94. The molecule has 0 N–H and O–H groups in total. The fourth-order valence-corrected chi connectivity index (χ4v) is 2.63. The highest BCUT2D eigenvalue weighted by Crippen LogP contribution is 2.15. The van der Waals surface area contributed by atoms with E-state index in [2.05, 4.69) is 17.6 Å². The number of hydrogen-bond donors (Lipinski definition) is 0. The molecule has 0 aromatic carbocycles. The van der Waals surface area contributed by atoms with Crippen LogP contribution in [0.15, 0.2) is 35.8 Å². The van der Waals surface area contributed by atoms with Crippen LogP contribution in [0.1, 0.15) is 28.7 Å². The van der Waals surface area contributed by atoms with Crippen molar-refractivity contribution in [2.45, 2.75) is 19.9 Å². The summed E-state index contributed by atoms with van der Waals surface area (Å²) in [4.78, 5) is 15.1. The Hall–Kier alpha value is -1.55. The fraction of sp³-hybridized carbons (Fsp3) is 0.357. The highest BCUT2D eigenvalue weighted by atomic mass is 32.1. The Morgan fingerprint density at radius 3 is 2.78 bits per heavy atom. The van der Waals surface area contributed by atoms with Crippen LogP contribution in [0.2, 0.25) is 0 Å². The topological polar surface area (TPSA) is 25.2 Å². The summed E-state index contributed by atoms with van der Waals surface area (Å²) in [7, 11) is 2.01. The van der Waals surface area contributed by atoms with Gasteiger partial charge >= 0.3 is 0 Å². The number of hydrogen-bond acceptors (Lipinski definition) is 2. The standard InChI is InChI=1S/C14H18N2OS/c1-3-8-16(11-12-6-4-9-15(12)2)14(17)13-7-5-10-18-13/h4-7,9-10H,3,8,11H2,1-2H3. The molecule has 2 heterocycles. The molecule has 0 bridgehead atoms. The van der Waals surface area contributed by atoms with Crippen molar-refractivity contribution in [1.29, 1.82) is 0 Å². The molecule has 0 saturated heterocycles. The average molecular weight is 262 g/mol. The van der Waals surface area contributed by atoms with E-state index in [9.17, 15) is 4.79 Å². The molecule has 96 valence electrons. The smallest absolute Gasteiger partial charge is 0.264 e. The molecule has 0 saturated carbocycles. The Kier molecular flexibility index (Phi) is 4.20. The maximum Gasteiger partial charge on any atom is 0.264 e. The van der Waals surface area contributed by atoms with Gasteiger partial charge in [0, 0.05) is 25.5 Å². The molecule has 0 unspecified atom stereocenters. The quantitative estimate of drug-likeness (QED) is 0.812. The van der Waals surface area contributed by atoms with Gasteiger partial charge in [-0.3, -0.25) is 4.79 Å². The summed E-state index contributed by atoms with van der Waals surface area (Å²) in [6.07, 6.45) is 2.98. The lowest BCUT2D eigenvalue weighted by atomic mass is 10.3. The highest BCUT2D eigenvalue weighted by molar-refractivity contribution is 7.12. The minimum absolute atomic E-state index is 0.132. The fourth-order valence-electron chi connectivity index (χ4n) is 1.93. The lowest BCUT2D eigenvalue weighted by molar-refractivity contribution is 0.0745. The van der Waals surface area contributed by atoms with E-state index >= 15 is 0 Å². The van der Waals surface area contributed by atoms with Gasteiger partial charge in [-0.2, -0.15) is 0 Å². The highest BCUT2D eigenvalue weighted by Gasteiger charge is 2.16. The van der Waals surface area contributed by atoms with E-state index < -0.39 is 0 Å². The van der Waals surface area contributed by atoms with Crippen molar-refractivity contribution in [3.8, 4) is 0 Å². The molecule has 3 nitrogen and oxygen atoms in total. The Morgan fingerprint density at radius 1 is 1.39 bits per heavy atom. The van der Waals surface area contributed by atoms with Gasteiger partial charge in [0.1, 0.15) is 0 Å². The first kappa shape index (κ1) is 12.9. The lowest BCUT2D eigenvalue weighted by Gasteiger charge is -2.21. The van der Waals surface area contributed by atoms with Crippen LogP contribution in [-0.4, -0.2) is 21.9 Å². The van der Waals surface area contributed by atoms with Crippen LogP contribution in [0.25, 0.3) is 0 Å².